The molecule has 20 heavy (non-hydrogen) atoms. The Balaban J connectivity index is 1.99. The highest BCUT2D eigenvalue weighted by atomic mass is 19.1. The lowest BCUT2D eigenvalue weighted by molar-refractivity contribution is -0.124. The molecule has 1 fully saturated rings. The molecule has 4 heteroatoms. The molecule has 0 aromatic heterocycles. The number of amides is 1. The van der Waals surface area contributed by atoms with Gasteiger partial charge in [0.15, 0.2) is 0 Å². The van der Waals surface area contributed by atoms with E-state index in [-0.39, 0.29) is 30.7 Å². The number of hydrogen-bond donors (Lipinski definition) is 2. The molecular weight excluding hydrogens is 255 g/mol. The van der Waals surface area contributed by atoms with Crippen molar-refractivity contribution in [3.05, 3.63) is 35.1 Å². The smallest absolute Gasteiger partial charge is 0.223 e. The van der Waals surface area contributed by atoms with Gasteiger partial charge in [0.25, 0.3) is 0 Å². The quantitative estimate of drug-likeness (QED) is 0.828. The second-order valence-electron chi connectivity index (χ2n) is 5.01. The summed E-state index contributed by atoms with van der Waals surface area (Å²) < 4.78 is 13.7. The molecule has 1 amide bonds. The molecule has 3 nitrogen and oxygen atoms in total. The molecule has 1 aromatic rings. The molecule has 1 aliphatic carbocycles. The van der Waals surface area contributed by atoms with Crippen LogP contribution in [0.3, 0.4) is 0 Å². The molecule has 0 heterocycles. The number of halogens is 1. The molecule has 1 saturated carbocycles. The summed E-state index contributed by atoms with van der Waals surface area (Å²) in [7, 11) is 0. The summed E-state index contributed by atoms with van der Waals surface area (Å²) in [4.78, 5) is 11.9. The lowest BCUT2D eigenvalue weighted by Gasteiger charge is -2.11. The van der Waals surface area contributed by atoms with Crippen molar-refractivity contribution in [1.82, 2.24) is 5.32 Å². The van der Waals surface area contributed by atoms with E-state index in [0.717, 1.165) is 25.7 Å². The molecule has 0 bridgehead atoms. The van der Waals surface area contributed by atoms with Crippen LogP contribution in [-0.2, 0) is 11.3 Å². The van der Waals surface area contributed by atoms with Crippen molar-refractivity contribution in [3.63, 3.8) is 0 Å². The zero-order valence-corrected chi connectivity index (χ0v) is 11.4. The predicted molar refractivity (Wildman–Crippen MR) is 76.1 cm³/mol. The monoisotopic (exact) mass is 274 g/mol. The van der Waals surface area contributed by atoms with Gasteiger partial charge in [-0.3, -0.25) is 4.79 Å². The fourth-order valence-electron chi connectivity index (χ4n) is 2.46. The van der Waals surface area contributed by atoms with Gasteiger partial charge in [-0.1, -0.05) is 24.7 Å². The normalized spacial score (nSPS) is 14.7. The summed E-state index contributed by atoms with van der Waals surface area (Å²) in [5.74, 6) is 5.39. The number of rotatable bonds is 3. The van der Waals surface area contributed by atoms with E-state index < -0.39 is 0 Å². The fraction of sp³-hybridized carbons (Fsp3) is 0.438. The Hall–Kier alpha value is -1.86. The molecule has 106 valence electrons. The molecule has 0 spiro atoms. The van der Waals surface area contributed by atoms with Crippen LogP contribution in [0.25, 0.3) is 0 Å². The van der Waals surface area contributed by atoms with Gasteiger partial charge < -0.3 is 11.1 Å². The molecule has 1 aliphatic rings. The first-order chi connectivity index (χ1) is 9.70. The average Bonchev–Trinajstić information content (AvgIpc) is 2.99. The first kappa shape index (κ1) is 14.5. The van der Waals surface area contributed by atoms with E-state index in [1.807, 2.05) is 0 Å². The summed E-state index contributed by atoms with van der Waals surface area (Å²) >= 11 is 0. The van der Waals surface area contributed by atoms with Gasteiger partial charge in [0, 0.05) is 23.6 Å². The summed E-state index contributed by atoms with van der Waals surface area (Å²) in [5, 5.41) is 2.81. The highest BCUT2D eigenvalue weighted by Gasteiger charge is 2.22. The lowest BCUT2D eigenvalue weighted by atomic mass is 10.1. The number of carbonyl (C=O) groups excluding carboxylic acids is 1. The number of hydrogen-bond acceptors (Lipinski definition) is 2. The molecule has 3 N–H and O–H groups in total. The van der Waals surface area contributed by atoms with Gasteiger partial charge in [0.1, 0.15) is 5.82 Å². The minimum Gasteiger partial charge on any atom is -0.352 e. The van der Waals surface area contributed by atoms with E-state index in [0.29, 0.717) is 11.1 Å². The van der Waals surface area contributed by atoms with Crippen LogP contribution in [0, 0.1) is 23.6 Å². The van der Waals surface area contributed by atoms with Gasteiger partial charge in [-0.15, -0.1) is 0 Å². The van der Waals surface area contributed by atoms with Gasteiger partial charge in [-0.05, 0) is 31.0 Å². The van der Waals surface area contributed by atoms with Gasteiger partial charge in [0.05, 0.1) is 6.54 Å². The molecule has 0 unspecified atom stereocenters. The van der Waals surface area contributed by atoms with Crippen molar-refractivity contribution in [2.24, 2.45) is 11.7 Å². The Morgan fingerprint density at radius 1 is 1.40 bits per heavy atom. The Morgan fingerprint density at radius 3 is 2.85 bits per heavy atom. The highest BCUT2D eigenvalue weighted by Crippen LogP contribution is 2.24. The summed E-state index contributed by atoms with van der Waals surface area (Å²) in [6, 6.07) is 4.64. The Morgan fingerprint density at radius 2 is 2.15 bits per heavy atom. The molecular formula is C16H19FN2O. The minimum absolute atomic E-state index is 0.0281. The molecule has 0 radical (unpaired) electrons. The maximum Gasteiger partial charge on any atom is 0.223 e. The van der Waals surface area contributed by atoms with Crippen LogP contribution in [0.2, 0.25) is 0 Å². The van der Waals surface area contributed by atoms with Gasteiger partial charge in [0.2, 0.25) is 5.91 Å². The maximum atomic E-state index is 13.7. The topological polar surface area (TPSA) is 55.1 Å². The van der Waals surface area contributed by atoms with Crippen LogP contribution in [-0.4, -0.2) is 12.5 Å². The van der Waals surface area contributed by atoms with E-state index >= 15 is 0 Å². The van der Waals surface area contributed by atoms with Crippen molar-refractivity contribution in [2.75, 3.05) is 6.54 Å². The van der Waals surface area contributed by atoms with E-state index in [9.17, 15) is 9.18 Å². The molecule has 1 aromatic carbocycles. The highest BCUT2D eigenvalue weighted by molar-refractivity contribution is 5.78. The maximum absolute atomic E-state index is 13.7. The van der Waals surface area contributed by atoms with Crippen molar-refractivity contribution in [2.45, 2.75) is 32.2 Å². The number of nitrogens with two attached hydrogens (primary N) is 1. The van der Waals surface area contributed by atoms with Crippen LogP contribution in [0.1, 0.15) is 36.8 Å². The Kier molecular flexibility index (Phi) is 5.14. The number of carbonyl (C=O) groups is 1. The molecule has 0 atom stereocenters. The van der Waals surface area contributed by atoms with Crippen molar-refractivity contribution >= 4 is 5.91 Å². The molecule has 0 aliphatic heterocycles. The molecule has 0 saturated heterocycles. The third-order valence-electron chi connectivity index (χ3n) is 3.56. The van der Waals surface area contributed by atoms with Crippen LogP contribution < -0.4 is 11.1 Å². The summed E-state index contributed by atoms with van der Waals surface area (Å²) in [6.45, 7) is 0.477. The fourth-order valence-corrected chi connectivity index (χ4v) is 2.46. The third-order valence-corrected chi connectivity index (χ3v) is 3.56. The molecule has 2 rings (SSSR count). The van der Waals surface area contributed by atoms with Crippen molar-refractivity contribution in [1.29, 1.82) is 0 Å². The van der Waals surface area contributed by atoms with Gasteiger partial charge >= 0.3 is 0 Å². The van der Waals surface area contributed by atoms with Gasteiger partial charge in [-0.2, -0.15) is 0 Å². The standard InChI is InChI=1S/C16H19FN2O/c17-15-8-7-12(4-3-9-18)10-14(15)11-19-16(20)13-5-1-2-6-13/h7-8,10,13H,1-2,5-6,9,11,18H2,(H,19,20). The van der Waals surface area contributed by atoms with E-state index in [4.69, 9.17) is 5.73 Å². The van der Waals surface area contributed by atoms with Crippen LogP contribution >= 0.6 is 0 Å². The van der Waals surface area contributed by atoms with Crippen LogP contribution in [0.15, 0.2) is 18.2 Å². The second-order valence-corrected chi connectivity index (χ2v) is 5.01. The average molecular weight is 274 g/mol. The van der Waals surface area contributed by atoms with Crippen LogP contribution in [0.5, 0.6) is 0 Å². The first-order valence-electron chi connectivity index (χ1n) is 6.96. The van der Waals surface area contributed by atoms with E-state index in [2.05, 4.69) is 17.2 Å². The Bertz CT molecular complexity index is 539. The second kappa shape index (κ2) is 7.06. The van der Waals surface area contributed by atoms with Crippen LogP contribution in [0.4, 0.5) is 4.39 Å². The van der Waals surface area contributed by atoms with Crippen molar-refractivity contribution in [3.8, 4) is 11.8 Å². The summed E-state index contributed by atoms with van der Waals surface area (Å²) in [6.07, 6.45) is 4.10. The zero-order valence-electron chi connectivity index (χ0n) is 11.4. The third kappa shape index (κ3) is 3.82. The first-order valence-corrected chi connectivity index (χ1v) is 6.96. The lowest BCUT2D eigenvalue weighted by Crippen LogP contribution is -2.29. The van der Waals surface area contributed by atoms with E-state index in [1.165, 1.54) is 6.07 Å². The SMILES string of the molecule is NCC#Cc1ccc(F)c(CNC(=O)C2CCCC2)c1. The van der Waals surface area contributed by atoms with E-state index in [1.54, 1.807) is 12.1 Å². The van der Waals surface area contributed by atoms with Crippen molar-refractivity contribution < 1.29 is 9.18 Å². The zero-order chi connectivity index (χ0) is 14.4. The van der Waals surface area contributed by atoms with Gasteiger partial charge in [-0.25, -0.2) is 4.39 Å². The largest absolute Gasteiger partial charge is 0.352 e. The minimum atomic E-state index is -0.324. The number of nitrogens with one attached hydrogen (secondary N) is 1. The number of benzene rings is 1. The summed E-state index contributed by atoms with van der Waals surface area (Å²) in [5.41, 5.74) is 6.48. The Labute approximate surface area is 118 Å². The predicted octanol–water partition coefficient (Wildman–Crippen LogP) is 1.94.